The fourth-order valence-electron chi connectivity index (χ4n) is 3.97. The standard InChI is InChI=1S/C23H32N4O2/c1-18(2)27-22(13-14-24-27)23(29)25-15-9-5-4-6-10-16-26(19(3)28)21-12-8-7-11-20(21)17-25/h7-8,11-14,18H,4-6,9-10,15-17H2,1-3H3. The summed E-state index contributed by atoms with van der Waals surface area (Å²) in [6.45, 7) is 7.59. The summed E-state index contributed by atoms with van der Waals surface area (Å²) in [5.41, 5.74) is 2.54. The average Bonchev–Trinajstić information content (AvgIpc) is 3.18. The topological polar surface area (TPSA) is 58.4 Å². The highest BCUT2D eigenvalue weighted by atomic mass is 16.2. The number of hydrogen-bond donors (Lipinski definition) is 0. The molecular weight excluding hydrogens is 364 g/mol. The van der Waals surface area contributed by atoms with Gasteiger partial charge in [0.15, 0.2) is 0 Å². The van der Waals surface area contributed by atoms with E-state index in [1.54, 1.807) is 23.9 Å². The lowest BCUT2D eigenvalue weighted by Gasteiger charge is -2.29. The molecule has 6 nitrogen and oxygen atoms in total. The minimum absolute atomic E-state index is 0.00237. The first-order valence-corrected chi connectivity index (χ1v) is 10.7. The Bertz CT molecular complexity index is 843. The normalized spacial score (nSPS) is 16.1. The van der Waals surface area contributed by atoms with E-state index in [2.05, 4.69) is 5.10 Å². The predicted molar refractivity (Wildman–Crippen MR) is 115 cm³/mol. The van der Waals surface area contributed by atoms with Crippen molar-refractivity contribution in [2.75, 3.05) is 18.0 Å². The summed E-state index contributed by atoms with van der Waals surface area (Å²) < 4.78 is 1.78. The van der Waals surface area contributed by atoms with E-state index in [0.717, 1.165) is 49.9 Å². The van der Waals surface area contributed by atoms with Gasteiger partial charge in [-0.2, -0.15) is 5.10 Å². The monoisotopic (exact) mass is 396 g/mol. The van der Waals surface area contributed by atoms with E-state index in [0.29, 0.717) is 18.8 Å². The molecule has 0 atom stereocenters. The number of hydrogen-bond acceptors (Lipinski definition) is 3. The number of fused-ring (bicyclic) bond motifs is 1. The van der Waals surface area contributed by atoms with Crippen LogP contribution in [0.25, 0.3) is 0 Å². The van der Waals surface area contributed by atoms with Crippen LogP contribution in [0.15, 0.2) is 36.5 Å². The van der Waals surface area contributed by atoms with E-state index >= 15 is 0 Å². The highest BCUT2D eigenvalue weighted by Crippen LogP contribution is 2.25. The van der Waals surface area contributed by atoms with Gasteiger partial charge in [0, 0.05) is 44.5 Å². The van der Waals surface area contributed by atoms with Crippen molar-refractivity contribution in [2.24, 2.45) is 0 Å². The quantitative estimate of drug-likeness (QED) is 0.755. The molecule has 0 N–H and O–H groups in total. The zero-order chi connectivity index (χ0) is 20.8. The summed E-state index contributed by atoms with van der Waals surface area (Å²) in [6, 6.07) is 9.87. The Morgan fingerprint density at radius 3 is 2.38 bits per heavy atom. The number of anilines is 1. The molecule has 0 aliphatic carbocycles. The summed E-state index contributed by atoms with van der Waals surface area (Å²) in [6.07, 6.45) is 6.99. The molecule has 2 aromatic rings. The first-order valence-electron chi connectivity index (χ1n) is 10.7. The Balaban J connectivity index is 1.95. The van der Waals surface area contributed by atoms with Crippen LogP contribution >= 0.6 is 0 Å². The second-order valence-corrected chi connectivity index (χ2v) is 8.05. The van der Waals surface area contributed by atoms with E-state index in [1.165, 1.54) is 0 Å². The van der Waals surface area contributed by atoms with Crippen LogP contribution < -0.4 is 4.90 Å². The molecule has 0 fully saturated rings. The molecule has 2 amide bonds. The molecule has 1 aliphatic rings. The minimum Gasteiger partial charge on any atom is -0.333 e. The molecule has 1 aliphatic heterocycles. The van der Waals surface area contributed by atoms with Gasteiger partial charge in [-0.15, -0.1) is 0 Å². The number of para-hydroxylation sites is 1. The largest absolute Gasteiger partial charge is 0.333 e. The van der Waals surface area contributed by atoms with Crippen molar-refractivity contribution < 1.29 is 9.59 Å². The Hall–Kier alpha value is -2.63. The number of aromatic nitrogens is 2. The van der Waals surface area contributed by atoms with Crippen LogP contribution in [0.2, 0.25) is 0 Å². The fraction of sp³-hybridized carbons (Fsp3) is 0.522. The maximum Gasteiger partial charge on any atom is 0.272 e. The molecule has 3 rings (SSSR count). The van der Waals surface area contributed by atoms with E-state index in [9.17, 15) is 9.59 Å². The molecule has 0 unspecified atom stereocenters. The summed E-state index contributed by atoms with van der Waals surface area (Å²) in [5.74, 6) is 0.0442. The van der Waals surface area contributed by atoms with E-state index in [-0.39, 0.29) is 17.9 Å². The second kappa shape index (κ2) is 9.72. The molecule has 0 saturated heterocycles. The highest BCUT2D eigenvalue weighted by Gasteiger charge is 2.23. The molecule has 156 valence electrons. The van der Waals surface area contributed by atoms with Gasteiger partial charge in [-0.3, -0.25) is 14.3 Å². The zero-order valence-electron chi connectivity index (χ0n) is 17.8. The lowest BCUT2D eigenvalue weighted by Crippen LogP contribution is -2.35. The molecule has 2 heterocycles. The maximum atomic E-state index is 13.4. The summed E-state index contributed by atoms with van der Waals surface area (Å²) in [7, 11) is 0. The number of nitrogens with zero attached hydrogens (tertiary/aromatic N) is 4. The van der Waals surface area contributed by atoms with Gasteiger partial charge in [-0.05, 0) is 44.4 Å². The third-order valence-corrected chi connectivity index (χ3v) is 5.50. The molecule has 29 heavy (non-hydrogen) atoms. The van der Waals surface area contributed by atoms with Crippen LogP contribution in [0.1, 0.15) is 75.0 Å². The molecule has 0 radical (unpaired) electrons. The number of benzene rings is 1. The van der Waals surface area contributed by atoms with Crippen molar-refractivity contribution >= 4 is 17.5 Å². The number of rotatable bonds is 2. The van der Waals surface area contributed by atoms with Crippen LogP contribution in [0.4, 0.5) is 5.69 Å². The van der Waals surface area contributed by atoms with Crippen LogP contribution in [-0.2, 0) is 11.3 Å². The average molecular weight is 397 g/mol. The SMILES string of the molecule is CC(=O)N1CCCCCCCN(C(=O)c2ccnn2C(C)C)Cc2ccccc21. The lowest BCUT2D eigenvalue weighted by molar-refractivity contribution is -0.116. The first-order chi connectivity index (χ1) is 14.0. The first kappa shape index (κ1) is 21.1. The third-order valence-electron chi connectivity index (χ3n) is 5.50. The smallest absolute Gasteiger partial charge is 0.272 e. The Labute approximate surface area is 173 Å². The Morgan fingerprint density at radius 2 is 1.66 bits per heavy atom. The van der Waals surface area contributed by atoms with E-state index in [1.807, 2.05) is 47.9 Å². The Morgan fingerprint density at radius 1 is 0.966 bits per heavy atom. The van der Waals surface area contributed by atoms with Gasteiger partial charge in [-0.25, -0.2) is 0 Å². The molecule has 1 aromatic carbocycles. The van der Waals surface area contributed by atoms with Crippen LogP contribution in [0.5, 0.6) is 0 Å². The Kier molecular flexibility index (Phi) is 7.07. The van der Waals surface area contributed by atoms with Crippen LogP contribution in [0.3, 0.4) is 0 Å². The van der Waals surface area contributed by atoms with Crippen molar-refractivity contribution in [1.29, 1.82) is 0 Å². The maximum absolute atomic E-state index is 13.4. The van der Waals surface area contributed by atoms with E-state index < -0.39 is 0 Å². The lowest BCUT2D eigenvalue weighted by atomic mass is 10.1. The number of carbonyl (C=O) groups is 2. The predicted octanol–water partition coefficient (Wildman–Crippen LogP) is 4.42. The van der Waals surface area contributed by atoms with Gasteiger partial charge in [0.1, 0.15) is 5.69 Å². The van der Waals surface area contributed by atoms with Gasteiger partial charge in [0.2, 0.25) is 5.91 Å². The second-order valence-electron chi connectivity index (χ2n) is 8.05. The van der Waals surface area contributed by atoms with Gasteiger partial charge >= 0.3 is 0 Å². The molecule has 0 saturated carbocycles. The van der Waals surface area contributed by atoms with E-state index in [4.69, 9.17) is 0 Å². The number of amides is 2. The van der Waals surface area contributed by atoms with Gasteiger partial charge in [0.25, 0.3) is 5.91 Å². The minimum atomic E-state index is -0.00237. The fourth-order valence-corrected chi connectivity index (χ4v) is 3.97. The highest BCUT2D eigenvalue weighted by molar-refractivity contribution is 5.94. The summed E-state index contributed by atoms with van der Waals surface area (Å²) in [4.78, 5) is 29.5. The zero-order valence-corrected chi connectivity index (χ0v) is 17.8. The molecule has 1 aromatic heterocycles. The van der Waals surface area contributed by atoms with Crippen molar-refractivity contribution in [1.82, 2.24) is 14.7 Å². The molecular formula is C23H32N4O2. The van der Waals surface area contributed by atoms with Crippen LogP contribution in [-0.4, -0.2) is 39.6 Å². The van der Waals surface area contributed by atoms with Crippen molar-refractivity contribution in [3.05, 3.63) is 47.8 Å². The van der Waals surface area contributed by atoms with Crippen molar-refractivity contribution in [3.8, 4) is 0 Å². The summed E-state index contributed by atoms with van der Waals surface area (Å²) >= 11 is 0. The molecule has 0 spiro atoms. The third kappa shape index (κ3) is 5.05. The van der Waals surface area contributed by atoms with Crippen molar-refractivity contribution in [2.45, 2.75) is 65.5 Å². The molecule has 6 heteroatoms. The van der Waals surface area contributed by atoms with Gasteiger partial charge in [-0.1, -0.05) is 37.5 Å². The van der Waals surface area contributed by atoms with Gasteiger partial charge in [0.05, 0.1) is 0 Å². The van der Waals surface area contributed by atoms with Crippen molar-refractivity contribution in [3.63, 3.8) is 0 Å². The summed E-state index contributed by atoms with van der Waals surface area (Å²) in [5, 5.41) is 4.33. The van der Waals surface area contributed by atoms with Gasteiger partial charge < -0.3 is 9.80 Å². The van der Waals surface area contributed by atoms with Crippen LogP contribution in [0, 0.1) is 0 Å². The molecule has 0 bridgehead atoms. The number of carbonyl (C=O) groups excluding carboxylic acids is 2.